The molecule has 4 rings (SSSR count). The molecule has 0 radical (unpaired) electrons. The number of hydrogen-bond acceptors (Lipinski definition) is 5. The van der Waals surface area contributed by atoms with Gasteiger partial charge in [0.1, 0.15) is 0 Å². The molecule has 0 heterocycles. The highest BCUT2D eigenvalue weighted by molar-refractivity contribution is 5.93. The summed E-state index contributed by atoms with van der Waals surface area (Å²) in [5.41, 5.74) is 7.06. The summed E-state index contributed by atoms with van der Waals surface area (Å²) in [7, 11) is 0. The largest absolute Gasteiger partial charge is 0.451 e. The third-order valence-corrected chi connectivity index (χ3v) is 9.16. The Morgan fingerprint density at radius 3 is 2.45 bits per heavy atom. The van der Waals surface area contributed by atoms with E-state index in [1.807, 2.05) is 6.08 Å². The lowest BCUT2D eigenvalue weighted by molar-refractivity contribution is -0.187. The van der Waals surface area contributed by atoms with E-state index in [-0.39, 0.29) is 22.9 Å². The molecule has 2 N–H and O–H groups in total. The highest BCUT2D eigenvalue weighted by atomic mass is 16.6. The van der Waals surface area contributed by atoms with Gasteiger partial charge in [-0.2, -0.15) is 0 Å². The minimum Gasteiger partial charge on any atom is -0.451 e. The fourth-order valence-corrected chi connectivity index (χ4v) is 7.51. The first-order valence-corrected chi connectivity index (χ1v) is 10.8. The Bertz CT molecular complexity index is 872. The van der Waals surface area contributed by atoms with Gasteiger partial charge in [-0.3, -0.25) is 14.4 Å². The predicted molar refractivity (Wildman–Crippen MR) is 110 cm³/mol. The van der Waals surface area contributed by atoms with Crippen molar-refractivity contribution in [2.45, 2.75) is 84.3 Å². The second-order valence-electron chi connectivity index (χ2n) is 10.3. The highest BCUT2D eigenvalue weighted by Crippen LogP contribution is 2.68. The first-order chi connectivity index (χ1) is 13.4. The maximum Gasteiger partial charge on any atom is 0.303 e. The third kappa shape index (κ3) is 2.40. The van der Waals surface area contributed by atoms with Crippen molar-refractivity contribution in [3.63, 3.8) is 0 Å². The molecular formula is C24H33NO4. The lowest BCUT2D eigenvalue weighted by Crippen LogP contribution is -2.69. The van der Waals surface area contributed by atoms with Crippen molar-refractivity contribution in [2.24, 2.45) is 28.4 Å². The zero-order valence-corrected chi connectivity index (χ0v) is 18.3. The minimum absolute atomic E-state index is 0.0754. The van der Waals surface area contributed by atoms with Gasteiger partial charge in [-0.15, -0.1) is 0 Å². The van der Waals surface area contributed by atoms with E-state index in [0.717, 1.165) is 30.4 Å². The first kappa shape index (κ1) is 20.5. The molecule has 0 aromatic heterocycles. The van der Waals surface area contributed by atoms with Crippen molar-refractivity contribution < 1.29 is 19.1 Å². The number of ether oxygens (including phenoxy) is 1. The summed E-state index contributed by atoms with van der Waals surface area (Å²) in [5.74, 6) is 0.0916. The SMILES string of the molecule is CC(=O)O[C@]1(C(C)=O)CC[C@@]2(N)[C@@H]3C=C(C)C4=CC(=O)CC[C@]4(C)[C@H]3CC[C@]12C. The van der Waals surface area contributed by atoms with Crippen molar-refractivity contribution in [2.75, 3.05) is 0 Å². The van der Waals surface area contributed by atoms with Crippen LogP contribution in [0.5, 0.6) is 0 Å². The number of Topliss-reactive ketones (excluding diaryl/α,β-unsaturated/α-hetero) is 1. The summed E-state index contributed by atoms with van der Waals surface area (Å²) in [6.07, 6.45) is 8.28. The summed E-state index contributed by atoms with van der Waals surface area (Å²) in [6.45, 7) is 9.32. The molecule has 6 atom stereocenters. The second-order valence-corrected chi connectivity index (χ2v) is 10.3. The van der Waals surface area contributed by atoms with Crippen LogP contribution in [-0.4, -0.2) is 28.7 Å². The van der Waals surface area contributed by atoms with Gasteiger partial charge in [0.25, 0.3) is 0 Å². The lowest BCUT2D eigenvalue weighted by atomic mass is 9.44. The summed E-state index contributed by atoms with van der Waals surface area (Å²) < 4.78 is 5.81. The Labute approximate surface area is 173 Å². The first-order valence-electron chi connectivity index (χ1n) is 10.8. The topological polar surface area (TPSA) is 86.5 Å². The molecule has 158 valence electrons. The van der Waals surface area contributed by atoms with Gasteiger partial charge in [-0.1, -0.05) is 25.5 Å². The number of esters is 1. The monoisotopic (exact) mass is 399 g/mol. The van der Waals surface area contributed by atoms with Crippen LogP contribution in [0.4, 0.5) is 0 Å². The van der Waals surface area contributed by atoms with Crippen LogP contribution in [0.15, 0.2) is 23.3 Å². The second kappa shape index (κ2) is 6.13. The van der Waals surface area contributed by atoms with Gasteiger partial charge < -0.3 is 10.5 Å². The number of allylic oxidation sites excluding steroid dienone is 3. The number of fused-ring (bicyclic) bond motifs is 5. The zero-order valence-electron chi connectivity index (χ0n) is 18.3. The number of ketones is 2. The molecule has 0 aromatic rings. The Morgan fingerprint density at radius 2 is 1.83 bits per heavy atom. The van der Waals surface area contributed by atoms with Gasteiger partial charge in [0, 0.05) is 24.3 Å². The van der Waals surface area contributed by atoms with Crippen LogP contribution in [0.3, 0.4) is 0 Å². The summed E-state index contributed by atoms with van der Waals surface area (Å²) in [5, 5.41) is 0. The molecule has 2 saturated carbocycles. The highest BCUT2D eigenvalue weighted by Gasteiger charge is 2.73. The van der Waals surface area contributed by atoms with E-state index >= 15 is 0 Å². The fourth-order valence-electron chi connectivity index (χ4n) is 7.51. The van der Waals surface area contributed by atoms with Crippen molar-refractivity contribution in [3.05, 3.63) is 23.3 Å². The number of hydrogen-bond donors (Lipinski definition) is 1. The van der Waals surface area contributed by atoms with Crippen LogP contribution in [-0.2, 0) is 19.1 Å². The van der Waals surface area contributed by atoms with Crippen LogP contribution in [0.2, 0.25) is 0 Å². The molecule has 0 amide bonds. The van der Waals surface area contributed by atoms with Crippen molar-refractivity contribution >= 4 is 17.5 Å². The van der Waals surface area contributed by atoms with Gasteiger partial charge in [-0.25, -0.2) is 0 Å². The molecule has 0 aromatic carbocycles. The van der Waals surface area contributed by atoms with E-state index in [1.54, 1.807) is 0 Å². The predicted octanol–water partition coefficient (Wildman–Crippen LogP) is 3.66. The molecule has 4 aliphatic carbocycles. The summed E-state index contributed by atoms with van der Waals surface area (Å²) >= 11 is 0. The Morgan fingerprint density at radius 1 is 1.14 bits per heavy atom. The Kier molecular flexibility index (Phi) is 4.34. The molecular weight excluding hydrogens is 366 g/mol. The van der Waals surface area contributed by atoms with Crippen molar-refractivity contribution in [1.29, 1.82) is 0 Å². The van der Waals surface area contributed by atoms with E-state index in [2.05, 4.69) is 26.8 Å². The van der Waals surface area contributed by atoms with E-state index in [1.165, 1.54) is 13.8 Å². The third-order valence-electron chi connectivity index (χ3n) is 9.16. The molecule has 5 heteroatoms. The Hall–Kier alpha value is -1.75. The van der Waals surface area contributed by atoms with Crippen LogP contribution in [0, 0.1) is 22.7 Å². The molecule has 0 spiro atoms. The standard InChI is InChI=1S/C24H33NO4/c1-14-12-20-18(21(4)8-6-17(28)13-19(14)21)7-9-22(5)23(20,25)10-11-24(22,15(2)26)29-16(3)27/h12-13,18,20H,6-11,25H2,1-5H3/t18-,20+,21+,22-,23+,24-/m0/s1. The minimum atomic E-state index is -1.15. The van der Waals surface area contributed by atoms with Gasteiger partial charge >= 0.3 is 5.97 Å². The summed E-state index contributed by atoms with van der Waals surface area (Å²) in [4.78, 5) is 36.9. The summed E-state index contributed by atoms with van der Waals surface area (Å²) in [6, 6.07) is 0. The molecule has 0 bridgehead atoms. The number of carbonyl (C=O) groups excluding carboxylic acids is 3. The van der Waals surface area contributed by atoms with E-state index in [4.69, 9.17) is 10.5 Å². The number of carbonyl (C=O) groups is 3. The van der Waals surface area contributed by atoms with Gasteiger partial charge in [0.15, 0.2) is 17.2 Å². The van der Waals surface area contributed by atoms with Crippen molar-refractivity contribution in [3.8, 4) is 0 Å². The molecule has 0 aliphatic heterocycles. The van der Waals surface area contributed by atoms with E-state index < -0.39 is 22.5 Å². The van der Waals surface area contributed by atoms with Crippen LogP contribution in [0.25, 0.3) is 0 Å². The number of rotatable bonds is 2. The zero-order chi connectivity index (χ0) is 21.4. The molecule has 5 nitrogen and oxygen atoms in total. The van der Waals surface area contributed by atoms with Gasteiger partial charge in [0.2, 0.25) is 0 Å². The van der Waals surface area contributed by atoms with Crippen LogP contribution < -0.4 is 5.73 Å². The molecule has 0 unspecified atom stereocenters. The van der Waals surface area contributed by atoms with E-state index in [9.17, 15) is 14.4 Å². The smallest absolute Gasteiger partial charge is 0.303 e. The number of nitrogens with two attached hydrogens (primary N) is 1. The molecule has 4 aliphatic rings. The molecule has 29 heavy (non-hydrogen) atoms. The van der Waals surface area contributed by atoms with Crippen molar-refractivity contribution in [1.82, 2.24) is 0 Å². The molecule has 2 fully saturated rings. The Balaban J connectivity index is 1.86. The average Bonchev–Trinajstić information content (AvgIpc) is 2.86. The van der Waals surface area contributed by atoms with Crippen LogP contribution in [0.1, 0.15) is 73.1 Å². The maximum atomic E-state index is 12.9. The van der Waals surface area contributed by atoms with Gasteiger partial charge in [-0.05, 0) is 74.9 Å². The maximum absolute atomic E-state index is 12.9. The van der Waals surface area contributed by atoms with E-state index in [0.29, 0.717) is 25.2 Å². The van der Waals surface area contributed by atoms with Gasteiger partial charge in [0.05, 0.1) is 0 Å². The quantitative estimate of drug-likeness (QED) is 0.716. The normalized spacial score (nSPS) is 46.1. The molecule has 0 saturated heterocycles. The average molecular weight is 400 g/mol. The fraction of sp³-hybridized carbons (Fsp3) is 0.708. The van der Waals surface area contributed by atoms with Crippen LogP contribution >= 0.6 is 0 Å². The lowest BCUT2D eigenvalue weighted by Gasteiger charge is -2.62.